The molecule has 1 atom stereocenters. The van der Waals surface area contributed by atoms with Crippen molar-refractivity contribution in [3.05, 3.63) is 82.2 Å². The zero-order valence-electron chi connectivity index (χ0n) is 18.9. The molecule has 2 aromatic carbocycles. The molecule has 8 nitrogen and oxygen atoms in total. The number of rotatable bonds is 3. The maximum Gasteiger partial charge on any atom is 0.276 e. The molecule has 0 spiro atoms. The van der Waals surface area contributed by atoms with E-state index in [1.54, 1.807) is 9.58 Å². The highest BCUT2D eigenvalue weighted by molar-refractivity contribution is 5.95. The first-order valence-corrected chi connectivity index (χ1v) is 11.3. The lowest BCUT2D eigenvalue weighted by Crippen LogP contribution is -2.50. The number of carbonyl (C=O) groups is 2. The summed E-state index contributed by atoms with van der Waals surface area (Å²) in [6, 6.07) is 15.8. The van der Waals surface area contributed by atoms with Gasteiger partial charge >= 0.3 is 0 Å². The van der Waals surface area contributed by atoms with Crippen LogP contribution in [0.5, 0.6) is 0 Å². The first-order chi connectivity index (χ1) is 16.0. The molecule has 1 aromatic heterocycles. The average molecular weight is 446 g/mol. The van der Waals surface area contributed by atoms with Crippen LogP contribution in [-0.4, -0.2) is 62.8 Å². The zero-order chi connectivity index (χ0) is 22.9. The number of ether oxygens (including phenoxy) is 1. The summed E-state index contributed by atoms with van der Waals surface area (Å²) in [5, 5.41) is 8.40. The molecule has 2 amide bonds. The second kappa shape index (κ2) is 8.78. The number of carbonyl (C=O) groups excluding carboxylic acids is 2. The van der Waals surface area contributed by atoms with E-state index in [0.29, 0.717) is 56.3 Å². The van der Waals surface area contributed by atoms with Gasteiger partial charge in [0, 0.05) is 31.7 Å². The van der Waals surface area contributed by atoms with E-state index in [-0.39, 0.29) is 17.9 Å². The molecule has 0 bridgehead atoms. The number of fused-ring (bicyclic) bond motifs is 1. The molecule has 3 heterocycles. The van der Waals surface area contributed by atoms with Gasteiger partial charge in [0.2, 0.25) is 0 Å². The number of benzene rings is 2. The molecule has 2 aliphatic heterocycles. The van der Waals surface area contributed by atoms with Crippen molar-refractivity contribution in [2.75, 3.05) is 26.2 Å². The van der Waals surface area contributed by atoms with Gasteiger partial charge < -0.3 is 14.5 Å². The van der Waals surface area contributed by atoms with Gasteiger partial charge in [-0.3, -0.25) is 9.59 Å². The van der Waals surface area contributed by atoms with E-state index in [2.05, 4.69) is 10.3 Å². The van der Waals surface area contributed by atoms with Gasteiger partial charge in [-0.25, -0.2) is 4.68 Å². The highest BCUT2D eigenvalue weighted by Crippen LogP contribution is 2.27. The number of aromatic nitrogens is 3. The summed E-state index contributed by atoms with van der Waals surface area (Å²) in [6.07, 6.45) is -0.108. The fraction of sp³-hybridized carbons (Fsp3) is 0.360. The number of hydrogen-bond acceptors (Lipinski definition) is 5. The van der Waals surface area contributed by atoms with Crippen LogP contribution >= 0.6 is 0 Å². The Kier molecular flexibility index (Phi) is 5.68. The number of aryl methyl sites for hydroxylation is 2. The minimum Gasteiger partial charge on any atom is -0.365 e. The molecule has 5 rings (SSSR count). The van der Waals surface area contributed by atoms with E-state index in [1.165, 1.54) is 0 Å². The quantitative estimate of drug-likeness (QED) is 0.619. The molecule has 0 saturated carbocycles. The van der Waals surface area contributed by atoms with Crippen molar-refractivity contribution in [2.45, 2.75) is 33.1 Å². The first kappa shape index (κ1) is 21.3. The molecule has 33 heavy (non-hydrogen) atoms. The Bertz CT molecular complexity index is 1180. The Morgan fingerprint density at radius 1 is 0.909 bits per heavy atom. The van der Waals surface area contributed by atoms with Gasteiger partial charge in [-0.05, 0) is 42.7 Å². The SMILES string of the molecule is Cc1ccc(C(=O)N2CCN(C(=O)c3nnn4c3CO[C@@H](c3ccccc3)C4)CC2)cc1C. The predicted octanol–water partition coefficient (Wildman–Crippen LogP) is 2.76. The molecule has 3 aromatic rings. The largest absolute Gasteiger partial charge is 0.365 e. The molecule has 170 valence electrons. The zero-order valence-corrected chi connectivity index (χ0v) is 18.9. The Hall–Kier alpha value is -3.52. The van der Waals surface area contributed by atoms with Crippen LogP contribution in [0.2, 0.25) is 0 Å². The summed E-state index contributed by atoms with van der Waals surface area (Å²) >= 11 is 0. The predicted molar refractivity (Wildman–Crippen MR) is 122 cm³/mol. The Balaban J connectivity index is 1.23. The molecule has 0 N–H and O–H groups in total. The molecule has 0 aliphatic carbocycles. The number of nitrogens with zero attached hydrogens (tertiary/aromatic N) is 5. The van der Waals surface area contributed by atoms with Crippen LogP contribution in [-0.2, 0) is 17.9 Å². The minimum absolute atomic E-state index is 0.00610. The molecule has 0 radical (unpaired) electrons. The maximum atomic E-state index is 13.2. The second-order valence-corrected chi connectivity index (χ2v) is 8.66. The first-order valence-electron chi connectivity index (χ1n) is 11.3. The molecular formula is C25H27N5O3. The summed E-state index contributed by atoms with van der Waals surface area (Å²) < 4.78 is 7.79. The van der Waals surface area contributed by atoms with Crippen molar-refractivity contribution >= 4 is 11.8 Å². The Morgan fingerprint density at radius 3 is 2.30 bits per heavy atom. The molecule has 0 unspecified atom stereocenters. The summed E-state index contributed by atoms with van der Waals surface area (Å²) in [5.41, 5.74) is 5.09. The van der Waals surface area contributed by atoms with Crippen LogP contribution < -0.4 is 0 Å². The lowest BCUT2D eigenvalue weighted by molar-refractivity contribution is -0.00202. The number of piperazine rings is 1. The second-order valence-electron chi connectivity index (χ2n) is 8.66. The van der Waals surface area contributed by atoms with Crippen LogP contribution in [0.15, 0.2) is 48.5 Å². The van der Waals surface area contributed by atoms with Gasteiger partial charge in [-0.15, -0.1) is 5.10 Å². The Morgan fingerprint density at radius 2 is 1.61 bits per heavy atom. The van der Waals surface area contributed by atoms with E-state index in [4.69, 9.17) is 4.74 Å². The topological polar surface area (TPSA) is 80.6 Å². The fourth-order valence-electron chi connectivity index (χ4n) is 4.37. The third-order valence-electron chi connectivity index (χ3n) is 6.58. The van der Waals surface area contributed by atoms with E-state index in [1.807, 2.05) is 67.3 Å². The highest BCUT2D eigenvalue weighted by atomic mass is 16.5. The normalized spacial score (nSPS) is 18.2. The van der Waals surface area contributed by atoms with Gasteiger partial charge in [0.1, 0.15) is 6.10 Å². The standard InChI is InChI=1S/C25H27N5O3/c1-17-8-9-20(14-18(17)2)24(31)28-10-12-29(13-11-28)25(32)23-21-16-33-22(15-30(21)27-26-23)19-6-4-3-5-7-19/h3-9,14,22H,10-13,15-16H2,1-2H3/t22-/m1/s1. The van der Waals surface area contributed by atoms with Crippen LogP contribution in [0, 0.1) is 13.8 Å². The van der Waals surface area contributed by atoms with Crippen LogP contribution in [0.4, 0.5) is 0 Å². The summed E-state index contributed by atoms with van der Waals surface area (Å²) in [5.74, 6) is -0.150. The van der Waals surface area contributed by atoms with Crippen LogP contribution in [0.3, 0.4) is 0 Å². The lowest BCUT2D eigenvalue weighted by atomic mass is 10.1. The van der Waals surface area contributed by atoms with Crippen molar-refractivity contribution in [1.82, 2.24) is 24.8 Å². The van der Waals surface area contributed by atoms with E-state index < -0.39 is 0 Å². The van der Waals surface area contributed by atoms with Crippen molar-refractivity contribution in [3.8, 4) is 0 Å². The van der Waals surface area contributed by atoms with Crippen molar-refractivity contribution < 1.29 is 14.3 Å². The van der Waals surface area contributed by atoms with Crippen molar-refractivity contribution in [3.63, 3.8) is 0 Å². The molecule has 1 fully saturated rings. The summed E-state index contributed by atoms with van der Waals surface area (Å²) in [6.45, 7) is 6.78. The number of amides is 2. The van der Waals surface area contributed by atoms with Crippen molar-refractivity contribution in [1.29, 1.82) is 0 Å². The molecule has 2 aliphatic rings. The van der Waals surface area contributed by atoms with Crippen molar-refractivity contribution in [2.24, 2.45) is 0 Å². The summed E-state index contributed by atoms with van der Waals surface area (Å²) in [4.78, 5) is 29.6. The van der Waals surface area contributed by atoms with Gasteiger partial charge in [-0.1, -0.05) is 41.6 Å². The monoisotopic (exact) mass is 445 g/mol. The maximum absolute atomic E-state index is 13.2. The number of hydrogen-bond donors (Lipinski definition) is 0. The summed E-state index contributed by atoms with van der Waals surface area (Å²) in [7, 11) is 0. The van der Waals surface area contributed by atoms with E-state index >= 15 is 0 Å². The lowest BCUT2D eigenvalue weighted by Gasteiger charge is -2.34. The highest BCUT2D eigenvalue weighted by Gasteiger charge is 2.32. The van der Waals surface area contributed by atoms with Gasteiger partial charge in [0.15, 0.2) is 5.69 Å². The van der Waals surface area contributed by atoms with Gasteiger partial charge in [-0.2, -0.15) is 0 Å². The van der Waals surface area contributed by atoms with Crippen LogP contribution in [0.1, 0.15) is 49.3 Å². The molecule has 1 saturated heterocycles. The third-order valence-corrected chi connectivity index (χ3v) is 6.58. The van der Waals surface area contributed by atoms with Crippen LogP contribution in [0.25, 0.3) is 0 Å². The Labute approximate surface area is 192 Å². The smallest absolute Gasteiger partial charge is 0.276 e. The van der Waals surface area contributed by atoms with Gasteiger partial charge in [0.25, 0.3) is 11.8 Å². The fourth-order valence-corrected chi connectivity index (χ4v) is 4.37. The van der Waals surface area contributed by atoms with E-state index in [0.717, 1.165) is 16.7 Å². The van der Waals surface area contributed by atoms with E-state index in [9.17, 15) is 9.59 Å². The minimum atomic E-state index is -0.156. The molecule has 8 heteroatoms. The molecular weight excluding hydrogens is 418 g/mol. The third kappa shape index (κ3) is 4.14. The van der Waals surface area contributed by atoms with Gasteiger partial charge in [0.05, 0.1) is 18.8 Å². The average Bonchev–Trinajstić information content (AvgIpc) is 3.29.